The summed E-state index contributed by atoms with van der Waals surface area (Å²) in [6, 6.07) is 69.8. The number of hydrogen-bond donors (Lipinski definition) is 0. The highest BCUT2D eigenvalue weighted by molar-refractivity contribution is 5.90. The predicted molar refractivity (Wildman–Crippen MR) is 206 cm³/mol. The molecule has 0 fully saturated rings. The Labute approximate surface area is 282 Å². The lowest BCUT2D eigenvalue weighted by Crippen LogP contribution is -2.09. The molecule has 1 nitrogen and oxygen atoms in total. The Morgan fingerprint density at radius 3 is 1.56 bits per heavy atom. The summed E-state index contributed by atoms with van der Waals surface area (Å²) in [6.07, 6.45) is 3.19. The van der Waals surface area contributed by atoms with Gasteiger partial charge in [0.2, 0.25) is 0 Å². The Bertz CT molecular complexity index is 2340. The Kier molecular flexibility index (Phi) is 8.09. The highest BCUT2D eigenvalue weighted by atomic mass is 15.1. The van der Waals surface area contributed by atoms with Gasteiger partial charge >= 0.3 is 0 Å². The summed E-state index contributed by atoms with van der Waals surface area (Å²) in [5.41, 5.74) is 10.9. The molecule has 0 bridgehead atoms. The van der Waals surface area contributed by atoms with Crippen molar-refractivity contribution in [1.82, 2.24) is 0 Å². The highest BCUT2D eigenvalue weighted by Gasteiger charge is 2.13. The maximum Gasteiger partial charge on any atom is 0.0468 e. The second kappa shape index (κ2) is 13.3. The van der Waals surface area contributed by atoms with Gasteiger partial charge in [-0.05, 0) is 104 Å². The SMILES string of the molecule is C(=C(\Cc1ccc(-c2ccc(N(c3ccccc3)c3ccc4ccccc4c3)cc2)cc1)c1ccccc1)/c1ccc2ccccc2c1. The first-order valence-electron chi connectivity index (χ1n) is 16.6. The van der Waals surface area contributed by atoms with Crippen LogP contribution in [0.4, 0.5) is 17.1 Å². The summed E-state index contributed by atoms with van der Waals surface area (Å²) in [5.74, 6) is 0. The van der Waals surface area contributed by atoms with Crippen molar-refractivity contribution in [3.63, 3.8) is 0 Å². The van der Waals surface area contributed by atoms with Crippen molar-refractivity contribution < 1.29 is 0 Å². The van der Waals surface area contributed by atoms with Gasteiger partial charge in [-0.3, -0.25) is 0 Å². The molecule has 0 amide bonds. The molecule has 228 valence electrons. The van der Waals surface area contributed by atoms with Gasteiger partial charge in [-0.15, -0.1) is 0 Å². The number of anilines is 3. The van der Waals surface area contributed by atoms with E-state index in [2.05, 4.69) is 205 Å². The normalized spacial score (nSPS) is 11.5. The smallest absolute Gasteiger partial charge is 0.0468 e. The average Bonchev–Trinajstić information content (AvgIpc) is 3.16. The molecule has 8 rings (SSSR count). The number of para-hydroxylation sites is 1. The molecule has 0 radical (unpaired) electrons. The molecule has 0 N–H and O–H groups in total. The van der Waals surface area contributed by atoms with Gasteiger partial charge in [0.25, 0.3) is 0 Å². The third kappa shape index (κ3) is 6.27. The maximum absolute atomic E-state index is 2.34. The van der Waals surface area contributed by atoms with Crippen LogP contribution in [-0.4, -0.2) is 0 Å². The van der Waals surface area contributed by atoms with Crippen LogP contribution in [0.5, 0.6) is 0 Å². The van der Waals surface area contributed by atoms with Crippen LogP contribution >= 0.6 is 0 Å². The van der Waals surface area contributed by atoms with Crippen LogP contribution in [0.1, 0.15) is 16.7 Å². The van der Waals surface area contributed by atoms with E-state index in [1.165, 1.54) is 54.9 Å². The standard InChI is InChI=1S/C47H35N/c1-3-11-37(12-4-1)44(33-36-21-24-38-13-7-9-15-42(38)32-36)31-35-19-22-40(23-20-35)41-25-28-46(29-26-41)48(45-17-5-2-6-18-45)47-30-27-39-14-8-10-16-43(39)34-47/h1-30,32-34H,31H2/b44-33-. The number of allylic oxidation sites excluding steroid dienone is 1. The first-order chi connectivity index (χ1) is 23.8. The van der Waals surface area contributed by atoms with Crippen molar-refractivity contribution in [3.8, 4) is 11.1 Å². The molecule has 8 aromatic rings. The number of rotatable bonds is 8. The van der Waals surface area contributed by atoms with Crippen LogP contribution < -0.4 is 4.90 Å². The Hall–Kier alpha value is -6.18. The van der Waals surface area contributed by atoms with Crippen molar-refractivity contribution >= 4 is 50.3 Å². The van der Waals surface area contributed by atoms with Gasteiger partial charge < -0.3 is 4.90 Å². The van der Waals surface area contributed by atoms with E-state index in [0.29, 0.717) is 0 Å². The zero-order chi connectivity index (χ0) is 32.1. The van der Waals surface area contributed by atoms with E-state index in [1.54, 1.807) is 0 Å². The van der Waals surface area contributed by atoms with E-state index in [9.17, 15) is 0 Å². The molecule has 1 heteroatoms. The molecule has 0 atom stereocenters. The minimum absolute atomic E-state index is 0.855. The molecule has 0 saturated carbocycles. The van der Waals surface area contributed by atoms with Crippen molar-refractivity contribution in [1.29, 1.82) is 0 Å². The summed E-state index contributed by atoms with van der Waals surface area (Å²) >= 11 is 0. The second-order valence-corrected chi connectivity index (χ2v) is 12.3. The maximum atomic E-state index is 2.34. The molecule has 0 saturated heterocycles. The number of benzene rings is 8. The fourth-order valence-electron chi connectivity index (χ4n) is 6.57. The van der Waals surface area contributed by atoms with E-state index in [-0.39, 0.29) is 0 Å². The third-order valence-electron chi connectivity index (χ3n) is 9.07. The largest absolute Gasteiger partial charge is 0.310 e. The van der Waals surface area contributed by atoms with Crippen molar-refractivity contribution in [2.75, 3.05) is 4.90 Å². The molecule has 0 aromatic heterocycles. The summed E-state index contributed by atoms with van der Waals surface area (Å²) in [5, 5.41) is 5.00. The van der Waals surface area contributed by atoms with Gasteiger partial charge in [0.1, 0.15) is 0 Å². The summed E-state index contributed by atoms with van der Waals surface area (Å²) < 4.78 is 0. The highest BCUT2D eigenvalue weighted by Crippen LogP contribution is 2.37. The summed E-state index contributed by atoms with van der Waals surface area (Å²) in [4.78, 5) is 2.33. The Balaban J connectivity index is 1.07. The minimum atomic E-state index is 0.855. The van der Waals surface area contributed by atoms with Crippen LogP contribution in [0.15, 0.2) is 194 Å². The molecule has 0 aliphatic carbocycles. The van der Waals surface area contributed by atoms with Crippen LogP contribution in [0.25, 0.3) is 44.3 Å². The molecule has 0 aliphatic heterocycles. The van der Waals surface area contributed by atoms with Crippen LogP contribution in [0, 0.1) is 0 Å². The average molecular weight is 614 g/mol. The molecule has 0 spiro atoms. The van der Waals surface area contributed by atoms with E-state index >= 15 is 0 Å². The van der Waals surface area contributed by atoms with Gasteiger partial charge in [0.05, 0.1) is 0 Å². The van der Waals surface area contributed by atoms with E-state index in [0.717, 1.165) is 23.5 Å². The van der Waals surface area contributed by atoms with Crippen molar-refractivity contribution in [3.05, 3.63) is 211 Å². The Morgan fingerprint density at radius 1 is 0.396 bits per heavy atom. The fourth-order valence-corrected chi connectivity index (χ4v) is 6.57. The van der Waals surface area contributed by atoms with E-state index in [1.807, 2.05) is 0 Å². The van der Waals surface area contributed by atoms with Gasteiger partial charge in [0.15, 0.2) is 0 Å². The zero-order valence-corrected chi connectivity index (χ0v) is 26.7. The molecular weight excluding hydrogens is 579 g/mol. The molecule has 0 unspecified atom stereocenters. The van der Waals surface area contributed by atoms with E-state index < -0.39 is 0 Å². The molecule has 48 heavy (non-hydrogen) atoms. The molecule has 0 heterocycles. The first kappa shape index (κ1) is 29.2. The second-order valence-electron chi connectivity index (χ2n) is 12.3. The monoisotopic (exact) mass is 613 g/mol. The quantitative estimate of drug-likeness (QED) is 0.154. The fraction of sp³-hybridized carbons (Fsp3) is 0.0213. The van der Waals surface area contributed by atoms with Crippen LogP contribution in [0.3, 0.4) is 0 Å². The van der Waals surface area contributed by atoms with E-state index in [4.69, 9.17) is 0 Å². The molecule has 0 aliphatic rings. The van der Waals surface area contributed by atoms with Gasteiger partial charge in [-0.1, -0.05) is 158 Å². The predicted octanol–water partition coefficient (Wildman–Crippen LogP) is 12.9. The third-order valence-corrected chi connectivity index (χ3v) is 9.07. The molecule has 8 aromatic carbocycles. The lowest BCUT2D eigenvalue weighted by molar-refractivity contribution is 1.28. The first-order valence-corrected chi connectivity index (χ1v) is 16.6. The van der Waals surface area contributed by atoms with Crippen LogP contribution in [0.2, 0.25) is 0 Å². The van der Waals surface area contributed by atoms with Crippen molar-refractivity contribution in [2.45, 2.75) is 6.42 Å². The lowest BCUT2D eigenvalue weighted by Gasteiger charge is -2.26. The lowest BCUT2D eigenvalue weighted by atomic mass is 9.94. The number of hydrogen-bond acceptors (Lipinski definition) is 1. The molecular formula is C47H35N. The van der Waals surface area contributed by atoms with Gasteiger partial charge in [-0.25, -0.2) is 0 Å². The number of nitrogens with zero attached hydrogens (tertiary/aromatic N) is 1. The topological polar surface area (TPSA) is 3.24 Å². The number of fused-ring (bicyclic) bond motifs is 2. The van der Waals surface area contributed by atoms with Gasteiger partial charge in [0, 0.05) is 17.1 Å². The van der Waals surface area contributed by atoms with Gasteiger partial charge in [-0.2, -0.15) is 0 Å². The zero-order valence-electron chi connectivity index (χ0n) is 26.7. The van der Waals surface area contributed by atoms with Crippen LogP contribution in [-0.2, 0) is 6.42 Å². The minimum Gasteiger partial charge on any atom is -0.310 e. The van der Waals surface area contributed by atoms with Crippen molar-refractivity contribution in [2.24, 2.45) is 0 Å². The Morgan fingerprint density at radius 2 is 0.896 bits per heavy atom. The summed E-state index contributed by atoms with van der Waals surface area (Å²) in [6.45, 7) is 0. The summed E-state index contributed by atoms with van der Waals surface area (Å²) in [7, 11) is 0.